The topological polar surface area (TPSA) is 50.4 Å². The van der Waals surface area contributed by atoms with Crippen LogP contribution in [0.15, 0.2) is 0 Å². The predicted molar refractivity (Wildman–Crippen MR) is 62.3 cm³/mol. The summed E-state index contributed by atoms with van der Waals surface area (Å²) in [4.78, 5) is 11.4. The first-order valence-electron chi connectivity index (χ1n) is 5.38. The fraction of sp³-hybridized carbons (Fsp3) is 0.900. The van der Waals surface area contributed by atoms with Crippen molar-refractivity contribution >= 4 is 18.3 Å². The van der Waals surface area contributed by atoms with E-state index in [2.05, 4.69) is 10.6 Å². The van der Waals surface area contributed by atoms with E-state index >= 15 is 0 Å². The Morgan fingerprint density at radius 3 is 3.00 bits per heavy atom. The molecule has 5 heteroatoms. The van der Waals surface area contributed by atoms with Gasteiger partial charge in [-0.05, 0) is 32.4 Å². The van der Waals surface area contributed by atoms with Gasteiger partial charge in [-0.2, -0.15) is 0 Å². The van der Waals surface area contributed by atoms with E-state index in [0.717, 1.165) is 19.5 Å². The van der Waals surface area contributed by atoms with Gasteiger partial charge in [0.25, 0.3) is 0 Å². The van der Waals surface area contributed by atoms with Crippen molar-refractivity contribution in [1.82, 2.24) is 10.6 Å². The van der Waals surface area contributed by atoms with Crippen molar-refractivity contribution in [3.8, 4) is 0 Å². The molecule has 15 heavy (non-hydrogen) atoms. The maximum atomic E-state index is 11.4. The van der Waals surface area contributed by atoms with Crippen molar-refractivity contribution in [1.29, 1.82) is 0 Å². The number of carbonyl (C=O) groups is 1. The van der Waals surface area contributed by atoms with Crippen molar-refractivity contribution < 1.29 is 9.53 Å². The lowest BCUT2D eigenvalue weighted by Gasteiger charge is -2.08. The van der Waals surface area contributed by atoms with Crippen LogP contribution >= 0.6 is 12.4 Å². The van der Waals surface area contributed by atoms with Crippen LogP contribution in [0, 0.1) is 5.92 Å². The third-order valence-electron chi connectivity index (χ3n) is 2.41. The molecular formula is C10H21ClN2O2. The zero-order valence-corrected chi connectivity index (χ0v) is 10.1. The molecule has 1 fully saturated rings. The molecule has 1 atom stereocenters. The monoisotopic (exact) mass is 236 g/mol. The number of ether oxygens (including phenoxy) is 1. The van der Waals surface area contributed by atoms with Crippen LogP contribution in [0.2, 0.25) is 0 Å². The van der Waals surface area contributed by atoms with Gasteiger partial charge in [0.2, 0.25) is 5.91 Å². The fourth-order valence-electron chi connectivity index (χ4n) is 1.63. The maximum absolute atomic E-state index is 11.4. The summed E-state index contributed by atoms with van der Waals surface area (Å²) in [6.45, 7) is 5.95. The Balaban J connectivity index is 0.00000196. The largest absolute Gasteiger partial charge is 0.380 e. The Kier molecular flexibility index (Phi) is 8.76. The maximum Gasteiger partial charge on any atom is 0.220 e. The van der Waals surface area contributed by atoms with Crippen molar-refractivity contribution in [2.45, 2.75) is 19.8 Å². The molecule has 1 unspecified atom stereocenters. The molecule has 1 heterocycles. The third kappa shape index (κ3) is 6.71. The minimum absolute atomic E-state index is 0. The summed E-state index contributed by atoms with van der Waals surface area (Å²) in [5.74, 6) is 0.681. The molecule has 1 saturated heterocycles. The summed E-state index contributed by atoms with van der Waals surface area (Å²) in [6, 6.07) is 0. The molecule has 0 aromatic heterocycles. The molecule has 0 saturated carbocycles. The van der Waals surface area contributed by atoms with Gasteiger partial charge < -0.3 is 15.4 Å². The highest BCUT2D eigenvalue weighted by atomic mass is 35.5. The highest BCUT2D eigenvalue weighted by Gasteiger charge is 2.17. The average Bonchev–Trinajstić information content (AvgIpc) is 2.65. The third-order valence-corrected chi connectivity index (χ3v) is 2.41. The molecule has 0 aromatic rings. The summed E-state index contributed by atoms with van der Waals surface area (Å²) in [7, 11) is 0. The molecule has 0 aliphatic carbocycles. The summed E-state index contributed by atoms with van der Waals surface area (Å²) in [5.41, 5.74) is 0. The zero-order valence-electron chi connectivity index (χ0n) is 9.25. The Labute approximate surface area is 97.5 Å². The number of hydrogen-bond acceptors (Lipinski definition) is 3. The van der Waals surface area contributed by atoms with Crippen molar-refractivity contribution in [3.63, 3.8) is 0 Å². The molecule has 0 radical (unpaired) electrons. The smallest absolute Gasteiger partial charge is 0.220 e. The quantitative estimate of drug-likeness (QED) is 0.663. The van der Waals surface area contributed by atoms with E-state index in [-0.39, 0.29) is 18.3 Å². The van der Waals surface area contributed by atoms with Gasteiger partial charge in [0.05, 0.1) is 6.61 Å². The van der Waals surface area contributed by atoms with Crippen LogP contribution in [-0.2, 0) is 9.53 Å². The number of halogens is 1. The van der Waals surface area contributed by atoms with Crippen LogP contribution in [0.25, 0.3) is 0 Å². The first-order valence-corrected chi connectivity index (χ1v) is 5.38. The van der Waals surface area contributed by atoms with E-state index in [9.17, 15) is 4.79 Å². The fourth-order valence-corrected chi connectivity index (χ4v) is 1.63. The summed E-state index contributed by atoms with van der Waals surface area (Å²) >= 11 is 0. The summed E-state index contributed by atoms with van der Waals surface area (Å²) in [6.07, 6.45) is 1.78. The second-order valence-electron chi connectivity index (χ2n) is 3.61. The van der Waals surface area contributed by atoms with Gasteiger partial charge in [-0.25, -0.2) is 0 Å². The summed E-state index contributed by atoms with van der Waals surface area (Å²) in [5, 5.41) is 6.10. The normalized spacial score (nSPS) is 19.7. The molecule has 90 valence electrons. The van der Waals surface area contributed by atoms with Crippen molar-refractivity contribution in [2.75, 3.05) is 32.8 Å². The predicted octanol–water partition coefficient (Wildman–Crippen LogP) is 0.560. The van der Waals surface area contributed by atoms with Gasteiger partial charge in [-0.1, -0.05) is 0 Å². The van der Waals surface area contributed by atoms with E-state index < -0.39 is 0 Å². The van der Waals surface area contributed by atoms with Gasteiger partial charge in [0.1, 0.15) is 0 Å². The second-order valence-corrected chi connectivity index (χ2v) is 3.61. The summed E-state index contributed by atoms with van der Waals surface area (Å²) < 4.78 is 5.13. The number of hydrogen-bond donors (Lipinski definition) is 2. The lowest BCUT2D eigenvalue weighted by atomic mass is 10.0. The Morgan fingerprint density at radius 1 is 1.60 bits per heavy atom. The number of carbonyl (C=O) groups excluding carboxylic acids is 1. The van der Waals surface area contributed by atoms with E-state index in [1.165, 1.54) is 0 Å². The standard InChI is InChI=1S/C10H20N2O2.ClH/c1-2-14-6-5-12-10(13)7-9-3-4-11-8-9;/h9,11H,2-8H2,1H3,(H,12,13);1H. The lowest BCUT2D eigenvalue weighted by Crippen LogP contribution is -2.29. The highest BCUT2D eigenvalue weighted by molar-refractivity contribution is 5.85. The molecular weight excluding hydrogens is 216 g/mol. The minimum Gasteiger partial charge on any atom is -0.380 e. The van der Waals surface area contributed by atoms with Crippen LogP contribution in [0.4, 0.5) is 0 Å². The Hall–Kier alpha value is -0.320. The lowest BCUT2D eigenvalue weighted by molar-refractivity contribution is -0.122. The molecule has 4 nitrogen and oxygen atoms in total. The molecule has 0 bridgehead atoms. The Morgan fingerprint density at radius 2 is 2.40 bits per heavy atom. The molecule has 1 aliphatic rings. The Bertz CT molecular complexity index is 173. The minimum atomic E-state index is 0. The SMILES string of the molecule is CCOCCNC(=O)CC1CCNC1.Cl. The molecule has 1 rings (SSSR count). The van der Waals surface area contributed by atoms with E-state index in [1.54, 1.807) is 0 Å². The van der Waals surface area contributed by atoms with E-state index in [0.29, 0.717) is 32.1 Å². The van der Waals surface area contributed by atoms with Gasteiger partial charge >= 0.3 is 0 Å². The van der Waals surface area contributed by atoms with Gasteiger partial charge in [0.15, 0.2) is 0 Å². The van der Waals surface area contributed by atoms with Gasteiger partial charge in [-0.15, -0.1) is 12.4 Å². The molecule has 0 spiro atoms. The van der Waals surface area contributed by atoms with Crippen LogP contribution in [-0.4, -0.2) is 38.8 Å². The van der Waals surface area contributed by atoms with Crippen molar-refractivity contribution in [3.05, 3.63) is 0 Å². The van der Waals surface area contributed by atoms with Gasteiger partial charge in [0, 0.05) is 19.6 Å². The first-order chi connectivity index (χ1) is 6.83. The van der Waals surface area contributed by atoms with E-state index in [4.69, 9.17) is 4.74 Å². The molecule has 2 N–H and O–H groups in total. The van der Waals surface area contributed by atoms with Crippen LogP contribution < -0.4 is 10.6 Å². The highest BCUT2D eigenvalue weighted by Crippen LogP contribution is 2.11. The number of amides is 1. The number of nitrogens with one attached hydrogen (secondary N) is 2. The molecule has 1 aliphatic heterocycles. The van der Waals surface area contributed by atoms with E-state index in [1.807, 2.05) is 6.92 Å². The molecule has 0 aromatic carbocycles. The van der Waals surface area contributed by atoms with Crippen LogP contribution in [0.3, 0.4) is 0 Å². The number of rotatable bonds is 6. The first kappa shape index (κ1) is 14.7. The van der Waals surface area contributed by atoms with Gasteiger partial charge in [-0.3, -0.25) is 4.79 Å². The zero-order chi connectivity index (χ0) is 10.2. The van der Waals surface area contributed by atoms with Crippen LogP contribution in [0.5, 0.6) is 0 Å². The molecule has 1 amide bonds. The van der Waals surface area contributed by atoms with Crippen molar-refractivity contribution in [2.24, 2.45) is 5.92 Å². The second kappa shape index (κ2) is 8.95. The average molecular weight is 237 g/mol. The van der Waals surface area contributed by atoms with Crippen LogP contribution in [0.1, 0.15) is 19.8 Å².